The van der Waals surface area contributed by atoms with E-state index in [0.717, 1.165) is 13.1 Å². The second-order valence-electron chi connectivity index (χ2n) is 4.33. The molecule has 1 atom stereocenters. The van der Waals surface area contributed by atoms with Gasteiger partial charge in [-0.25, -0.2) is 9.59 Å². The van der Waals surface area contributed by atoms with Gasteiger partial charge in [-0.2, -0.15) is 0 Å². The molecule has 104 valence electrons. The molecule has 0 spiro atoms. The molecule has 1 rings (SSSR count). The fourth-order valence-corrected chi connectivity index (χ4v) is 1.75. The van der Waals surface area contributed by atoms with E-state index < -0.39 is 24.6 Å². The van der Waals surface area contributed by atoms with Crippen molar-refractivity contribution in [1.82, 2.24) is 15.5 Å². The van der Waals surface area contributed by atoms with E-state index >= 15 is 0 Å². The number of aliphatic hydroxyl groups is 1. The SMILES string of the molecule is CCN(CCNC(=O)N[C@H](CO)C(=O)O)C1CC1. The average Bonchev–Trinajstić information content (AvgIpc) is 3.15. The summed E-state index contributed by atoms with van der Waals surface area (Å²) in [5, 5.41) is 22.2. The molecule has 0 unspecified atom stereocenters. The molecule has 0 bridgehead atoms. The van der Waals surface area contributed by atoms with Gasteiger partial charge in [-0.15, -0.1) is 0 Å². The van der Waals surface area contributed by atoms with Crippen molar-refractivity contribution in [2.24, 2.45) is 0 Å². The number of aliphatic carboxylic acids is 1. The van der Waals surface area contributed by atoms with Crippen LogP contribution in [0.25, 0.3) is 0 Å². The van der Waals surface area contributed by atoms with Crippen molar-refractivity contribution in [3.05, 3.63) is 0 Å². The van der Waals surface area contributed by atoms with E-state index in [1.807, 2.05) is 0 Å². The highest BCUT2D eigenvalue weighted by Gasteiger charge is 2.27. The van der Waals surface area contributed by atoms with Crippen molar-refractivity contribution in [2.75, 3.05) is 26.2 Å². The third-order valence-electron chi connectivity index (χ3n) is 2.94. The fourth-order valence-electron chi connectivity index (χ4n) is 1.75. The predicted octanol–water partition coefficient (Wildman–Crippen LogP) is -0.785. The zero-order chi connectivity index (χ0) is 13.5. The first-order valence-electron chi connectivity index (χ1n) is 6.20. The van der Waals surface area contributed by atoms with Crippen molar-refractivity contribution >= 4 is 12.0 Å². The number of rotatable bonds is 8. The minimum Gasteiger partial charge on any atom is -0.480 e. The molecule has 1 aliphatic rings. The van der Waals surface area contributed by atoms with Crippen LogP contribution in [0, 0.1) is 0 Å². The second-order valence-corrected chi connectivity index (χ2v) is 4.33. The maximum absolute atomic E-state index is 11.4. The van der Waals surface area contributed by atoms with Crippen LogP contribution in [0.1, 0.15) is 19.8 Å². The van der Waals surface area contributed by atoms with Crippen LogP contribution in [0.15, 0.2) is 0 Å². The number of likely N-dealkylation sites (N-methyl/N-ethyl adjacent to an activating group) is 1. The molecule has 0 aromatic rings. The number of carbonyl (C=O) groups is 2. The second kappa shape index (κ2) is 7.17. The van der Waals surface area contributed by atoms with Gasteiger partial charge in [0.15, 0.2) is 6.04 Å². The van der Waals surface area contributed by atoms with E-state index in [1.165, 1.54) is 12.8 Å². The number of carboxylic acids is 1. The van der Waals surface area contributed by atoms with Crippen LogP contribution >= 0.6 is 0 Å². The van der Waals surface area contributed by atoms with Crippen LogP contribution in [-0.2, 0) is 4.79 Å². The first-order chi connectivity index (χ1) is 8.58. The molecule has 2 amide bonds. The minimum atomic E-state index is -1.25. The number of nitrogens with zero attached hydrogens (tertiary/aromatic N) is 1. The van der Waals surface area contributed by atoms with E-state index in [0.29, 0.717) is 12.6 Å². The zero-order valence-corrected chi connectivity index (χ0v) is 10.6. The Kier molecular flexibility index (Phi) is 5.87. The molecule has 7 nitrogen and oxygen atoms in total. The average molecular weight is 259 g/mol. The summed E-state index contributed by atoms with van der Waals surface area (Å²) in [6.07, 6.45) is 2.43. The smallest absolute Gasteiger partial charge is 0.328 e. The topological polar surface area (TPSA) is 102 Å². The largest absolute Gasteiger partial charge is 0.480 e. The Hall–Kier alpha value is -1.34. The van der Waals surface area contributed by atoms with Gasteiger partial charge in [0.05, 0.1) is 6.61 Å². The lowest BCUT2D eigenvalue weighted by molar-refractivity contribution is -0.140. The summed E-state index contributed by atoms with van der Waals surface area (Å²) in [6, 6.07) is -1.18. The van der Waals surface area contributed by atoms with Gasteiger partial charge in [-0.05, 0) is 19.4 Å². The monoisotopic (exact) mass is 259 g/mol. The fraction of sp³-hybridized carbons (Fsp3) is 0.818. The van der Waals surface area contributed by atoms with Crippen LogP contribution < -0.4 is 10.6 Å². The number of hydrogen-bond donors (Lipinski definition) is 4. The van der Waals surface area contributed by atoms with Crippen molar-refractivity contribution in [3.8, 4) is 0 Å². The quantitative estimate of drug-likeness (QED) is 0.458. The van der Waals surface area contributed by atoms with Crippen molar-refractivity contribution < 1.29 is 19.8 Å². The molecule has 1 fully saturated rings. The molecular formula is C11H21N3O4. The van der Waals surface area contributed by atoms with Crippen molar-refractivity contribution in [1.29, 1.82) is 0 Å². The van der Waals surface area contributed by atoms with E-state index in [2.05, 4.69) is 22.5 Å². The van der Waals surface area contributed by atoms with Crippen molar-refractivity contribution in [3.63, 3.8) is 0 Å². The summed E-state index contributed by atoms with van der Waals surface area (Å²) in [5.41, 5.74) is 0. The Morgan fingerprint density at radius 2 is 2.11 bits per heavy atom. The first kappa shape index (κ1) is 14.7. The number of hydrogen-bond acceptors (Lipinski definition) is 4. The number of carbonyl (C=O) groups excluding carboxylic acids is 1. The molecule has 18 heavy (non-hydrogen) atoms. The highest BCUT2D eigenvalue weighted by molar-refractivity contribution is 5.82. The molecule has 0 aromatic carbocycles. The van der Waals surface area contributed by atoms with E-state index in [4.69, 9.17) is 10.2 Å². The Morgan fingerprint density at radius 1 is 1.44 bits per heavy atom. The molecule has 1 aliphatic carbocycles. The third kappa shape index (κ3) is 4.89. The lowest BCUT2D eigenvalue weighted by Crippen LogP contribution is -2.49. The lowest BCUT2D eigenvalue weighted by atomic mass is 10.3. The van der Waals surface area contributed by atoms with Gasteiger partial charge >= 0.3 is 12.0 Å². The van der Waals surface area contributed by atoms with Crippen LogP contribution in [0.3, 0.4) is 0 Å². The molecule has 0 aromatic heterocycles. The molecule has 4 N–H and O–H groups in total. The van der Waals surface area contributed by atoms with Crippen LogP contribution in [0.4, 0.5) is 4.79 Å². The van der Waals surface area contributed by atoms with Gasteiger partial charge in [-0.3, -0.25) is 4.90 Å². The molecular weight excluding hydrogens is 238 g/mol. The van der Waals surface area contributed by atoms with Crippen LogP contribution in [-0.4, -0.2) is 65.4 Å². The van der Waals surface area contributed by atoms with Gasteiger partial charge in [0.1, 0.15) is 0 Å². The Bertz CT molecular complexity index is 294. The lowest BCUT2D eigenvalue weighted by Gasteiger charge is -2.20. The summed E-state index contributed by atoms with van der Waals surface area (Å²) in [5.74, 6) is -1.25. The summed E-state index contributed by atoms with van der Waals surface area (Å²) in [4.78, 5) is 24.2. The zero-order valence-electron chi connectivity index (χ0n) is 10.6. The number of urea groups is 1. The van der Waals surface area contributed by atoms with Crippen molar-refractivity contribution in [2.45, 2.75) is 31.8 Å². The van der Waals surface area contributed by atoms with Gasteiger partial charge in [0, 0.05) is 19.1 Å². The highest BCUT2D eigenvalue weighted by Crippen LogP contribution is 2.25. The Morgan fingerprint density at radius 3 is 2.56 bits per heavy atom. The van der Waals surface area contributed by atoms with Crippen LogP contribution in [0.5, 0.6) is 0 Å². The Balaban J connectivity index is 2.17. The summed E-state index contributed by atoms with van der Waals surface area (Å²) in [7, 11) is 0. The highest BCUT2D eigenvalue weighted by atomic mass is 16.4. The number of nitrogens with one attached hydrogen (secondary N) is 2. The molecule has 0 saturated heterocycles. The normalized spacial score (nSPS) is 16.4. The van der Waals surface area contributed by atoms with Gasteiger partial charge in [0.25, 0.3) is 0 Å². The van der Waals surface area contributed by atoms with Gasteiger partial charge < -0.3 is 20.8 Å². The molecule has 0 heterocycles. The van der Waals surface area contributed by atoms with Gasteiger partial charge in [-0.1, -0.05) is 6.92 Å². The van der Waals surface area contributed by atoms with E-state index in [9.17, 15) is 9.59 Å². The summed E-state index contributed by atoms with van der Waals surface area (Å²) >= 11 is 0. The first-order valence-corrected chi connectivity index (χ1v) is 6.20. The molecule has 1 saturated carbocycles. The predicted molar refractivity (Wildman–Crippen MR) is 65.3 cm³/mol. The molecule has 0 radical (unpaired) electrons. The maximum atomic E-state index is 11.4. The maximum Gasteiger partial charge on any atom is 0.328 e. The van der Waals surface area contributed by atoms with Gasteiger partial charge in [0.2, 0.25) is 0 Å². The molecule has 7 heteroatoms. The number of amides is 2. The number of carboxylic acid groups (broad SMARTS) is 1. The van der Waals surface area contributed by atoms with E-state index in [-0.39, 0.29) is 0 Å². The molecule has 0 aliphatic heterocycles. The Labute approximate surface area is 106 Å². The summed E-state index contributed by atoms with van der Waals surface area (Å²) in [6.45, 7) is 3.62. The summed E-state index contributed by atoms with van der Waals surface area (Å²) < 4.78 is 0. The minimum absolute atomic E-state index is 0.466. The number of aliphatic hydroxyl groups excluding tert-OH is 1. The van der Waals surface area contributed by atoms with Crippen LogP contribution in [0.2, 0.25) is 0 Å². The third-order valence-corrected chi connectivity index (χ3v) is 2.94. The van der Waals surface area contributed by atoms with E-state index in [1.54, 1.807) is 0 Å². The standard InChI is InChI=1S/C11H21N3O4/c1-2-14(8-3-4-8)6-5-12-11(18)13-9(7-15)10(16)17/h8-9,15H,2-7H2,1H3,(H,16,17)(H2,12,13,18)/t9-/m1/s1.